The van der Waals surface area contributed by atoms with Crippen LogP contribution in [0.2, 0.25) is 0 Å². The van der Waals surface area contributed by atoms with Crippen LogP contribution in [0.5, 0.6) is 0 Å². The molecule has 1 aromatic heterocycles. The van der Waals surface area contributed by atoms with Gasteiger partial charge in [-0.05, 0) is 48.3 Å². The van der Waals surface area contributed by atoms with Crippen molar-refractivity contribution < 1.29 is 15.1 Å². The number of benzene rings is 2. The van der Waals surface area contributed by atoms with Crippen LogP contribution in [0.1, 0.15) is 5.56 Å². The highest BCUT2D eigenvalue weighted by atomic mass is 32.1. The van der Waals surface area contributed by atoms with Crippen LogP contribution < -0.4 is 4.90 Å². The average Bonchev–Trinajstić information content (AvgIpc) is 3.09. The molecule has 9 nitrogen and oxygen atoms in total. The van der Waals surface area contributed by atoms with Gasteiger partial charge in [0.2, 0.25) is 0 Å². The summed E-state index contributed by atoms with van der Waals surface area (Å²) in [7, 11) is 0. The molecule has 0 bridgehead atoms. The van der Waals surface area contributed by atoms with Crippen LogP contribution >= 0.6 is 11.5 Å². The summed E-state index contributed by atoms with van der Waals surface area (Å²) in [5.74, 6) is 0. The molecule has 3 rings (SSSR count). The van der Waals surface area contributed by atoms with Crippen molar-refractivity contribution in [3.63, 3.8) is 0 Å². The molecular weight excluding hydrogens is 382 g/mol. The smallest absolute Gasteiger partial charge is 0.270 e. The van der Waals surface area contributed by atoms with Gasteiger partial charge in [-0.2, -0.15) is 4.37 Å². The molecule has 0 aliphatic rings. The summed E-state index contributed by atoms with van der Waals surface area (Å²) in [6.07, 6.45) is 0. The molecule has 2 aromatic carbocycles. The molecule has 1 heterocycles. The first-order valence-electron chi connectivity index (χ1n) is 8.56. The fourth-order valence-electron chi connectivity index (χ4n) is 2.76. The minimum atomic E-state index is -0.453. The maximum atomic E-state index is 11.0. The first-order chi connectivity index (χ1) is 13.5. The molecule has 0 aliphatic carbocycles. The molecule has 0 amide bonds. The predicted octanol–water partition coefficient (Wildman–Crippen LogP) is 3.72. The summed E-state index contributed by atoms with van der Waals surface area (Å²) in [5, 5.41) is 38.9. The van der Waals surface area contributed by atoms with E-state index in [1.165, 1.54) is 12.1 Å². The van der Waals surface area contributed by atoms with Gasteiger partial charge in [0.15, 0.2) is 5.00 Å². The lowest BCUT2D eigenvalue weighted by molar-refractivity contribution is -0.384. The Morgan fingerprint density at radius 2 is 1.89 bits per heavy atom. The molecular formula is C18H19N5O4S. The van der Waals surface area contributed by atoms with Crippen LogP contribution in [0.3, 0.4) is 0 Å². The number of hydrogen-bond acceptors (Lipinski definition) is 9. The Morgan fingerprint density at radius 3 is 2.54 bits per heavy atom. The number of non-ortho nitro benzene ring substituents is 1. The Bertz CT molecular complexity index is 1010. The maximum Gasteiger partial charge on any atom is 0.270 e. The van der Waals surface area contributed by atoms with Crippen molar-refractivity contribution in [2.45, 2.75) is 6.92 Å². The third-order valence-electron chi connectivity index (χ3n) is 4.19. The SMILES string of the molecule is Cc1cc(N(CCO)CCO)ccc1N=Nc1snc2ccc([N+](=O)[O-])cc12. The van der Waals surface area contributed by atoms with Crippen LogP contribution in [-0.2, 0) is 0 Å². The average molecular weight is 401 g/mol. The summed E-state index contributed by atoms with van der Waals surface area (Å²) in [6.45, 7) is 2.72. The third-order valence-corrected chi connectivity index (χ3v) is 4.95. The van der Waals surface area contributed by atoms with Crippen molar-refractivity contribution in [3.05, 3.63) is 52.1 Å². The van der Waals surface area contributed by atoms with Crippen molar-refractivity contribution >= 4 is 44.5 Å². The van der Waals surface area contributed by atoms with E-state index in [-0.39, 0.29) is 18.9 Å². The standard InChI is InChI=1S/C18H19N5O4S/c1-12-10-13(22(6-8-24)7-9-25)2-4-16(12)19-20-18-15-11-14(23(26)27)3-5-17(15)21-28-18/h2-5,10-11,24-25H,6-9H2,1H3. The van der Waals surface area contributed by atoms with E-state index >= 15 is 0 Å². The van der Waals surface area contributed by atoms with Crippen molar-refractivity contribution in [1.82, 2.24) is 4.37 Å². The van der Waals surface area contributed by atoms with E-state index in [4.69, 9.17) is 0 Å². The second kappa shape index (κ2) is 8.83. The number of rotatable bonds is 8. The number of nitro groups is 1. The molecule has 0 saturated heterocycles. The lowest BCUT2D eigenvalue weighted by atomic mass is 10.1. The molecule has 0 aliphatic heterocycles. The van der Waals surface area contributed by atoms with Crippen LogP contribution in [-0.4, -0.2) is 45.8 Å². The monoisotopic (exact) mass is 401 g/mol. The highest BCUT2D eigenvalue weighted by Gasteiger charge is 2.12. The zero-order valence-electron chi connectivity index (χ0n) is 15.1. The molecule has 146 valence electrons. The Hall–Kier alpha value is -2.95. The summed E-state index contributed by atoms with van der Waals surface area (Å²) >= 11 is 1.13. The molecule has 28 heavy (non-hydrogen) atoms. The van der Waals surface area contributed by atoms with E-state index in [1.54, 1.807) is 6.07 Å². The van der Waals surface area contributed by atoms with Gasteiger partial charge in [0.1, 0.15) is 0 Å². The zero-order chi connectivity index (χ0) is 20.1. The van der Waals surface area contributed by atoms with Gasteiger partial charge in [-0.1, -0.05) is 0 Å². The number of azo groups is 1. The van der Waals surface area contributed by atoms with Crippen LogP contribution in [0, 0.1) is 17.0 Å². The summed E-state index contributed by atoms with van der Waals surface area (Å²) in [4.78, 5) is 12.4. The zero-order valence-corrected chi connectivity index (χ0v) is 16.0. The van der Waals surface area contributed by atoms with Gasteiger partial charge >= 0.3 is 0 Å². The van der Waals surface area contributed by atoms with E-state index in [1.807, 2.05) is 30.0 Å². The first-order valence-corrected chi connectivity index (χ1v) is 9.33. The number of nitrogens with zero attached hydrogens (tertiary/aromatic N) is 5. The number of aromatic nitrogens is 1. The topological polar surface area (TPSA) is 124 Å². The van der Waals surface area contributed by atoms with Gasteiger partial charge in [0, 0.05) is 36.3 Å². The van der Waals surface area contributed by atoms with Crippen LogP contribution in [0.25, 0.3) is 10.9 Å². The number of hydrogen-bond donors (Lipinski definition) is 2. The summed E-state index contributed by atoms with van der Waals surface area (Å²) < 4.78 is 4.24. The summed E-state index contributed by atoms with van der Waals surface area (Å²) in [5.41, 5.74) is 3.03. The molecule has 0 saturated carbocycles. The third kappa shape index (κ3) is 4.30. The molecule has 0 unspecified atom stereocenters. The van der Waals surface area contributed by atoms with Gasteiger partial charge in [0.05, 0.1) is 29.3 Å². The quantitative estimate of drug-likeness (QED) is 0.337. The van der Waals surface area contributed by atoms with Gasteiger partial charge in [-0.3, -0.25) is 10.1 Å². The number of aliphatic hydroxyl groups excluding tert-OH is 2. The Labute approximate surface area is 164 Å². The van der Waals surface area contributed by atoms with E-state index < -0.39 is 4.92 Å². The van der Waals surface area contributed by atoms with Gasteiger partial charge < -0.3 is 15.1 Å². The number of aryl methyl sites for hydroxylation is 1. The fourth-order valence-corrected chi connectivity index (χ4v) is 3.44. The van der Waals surface area contributed by atoms with E-state index in [9.17, 15) is 20.3 Å². The van der Waals surface area contributed by atoms with Crippen molar-refractivity contribution in [3.8, 4) is 0 Å². The number of nitro benzene ring substituents is 1. The van der Waals surface area contributed by atoms with Crippen molar-refractivity contribution in [2.75, 3.05) is 31.2 Å². The maximum absolute atomic E-state index is 11.0. The fraction of sp³-hybridized carbons (Fsp3) is 0.278. The number of fused-ring (bicyclic) bond motifs is 1. The molecule has 0 atom stereocenters. The minimum Gasteiger partial charge on any atom is -0.395 e. The number of anilines is 1. The molecule has 0 spiro atoms. The second-order valence-corrected chi connectivity index (χ2v) is 6.80. The molecule has 0 fully saturated rings. The highest BCUT2D eigenvalue weighted by molar-refractivity contribution is 7.11. The molecule has 0 radical (unpaired) electrons. The lowest BCUT2D eigenvalue weighted by Crippen LogP contribution is -2.29. The van der Waals surface area contributed by atoms with Gasteiger partial charge in [-0.25, -0.2) is 0 Å². The Morgan fingerprint density at radius 1 is 1.14 bits per heavy atom. The molecule has 3 aromatic rings. The largest absolute Gasteiger partial charge is 0.395 e. The second-order valence-electron chi connectivity index (χ2n) is 6.05. The highest BCUT2D eigenvalue weighted by Crippen LogP contribution is 2.35. The Kier molecular flexibility index (Phi) is 6.24. The van der Waals surface area contributed by atoms with Gasteiger partial charge in [0.25, 0.3) is 5.69 Å². The number of aliphatic hydroxyl groups is 2. The molecule has 10 heteroatoms. The first kappa shape index (κ1) is 19.8. The lowest BCUT2D eigenvalue weighted by Gasteiger charge is -2.23. The minimum absolute atomic E-state index is 0.00883. The van der Waals surface area contributed by atoms with E-state index in [0.29, 0.717) is 34.7 Å². The van der Waals surface area contributed by atoms with Crippen molar-refractivity contribution in [2.24, 2.45) is 10.2 Å². The van der Waals surface area contributed by atoms with E-state index in [2.05, 4.69) is 14.6 Å². The van der Waals surface area contributed by atoms with E-state index in [0.717, 1.165) is 22.8 Å². The normalized spacial score (nSPS) is 11.4. The molecule has 2 N–H and O–H groups in total. The Balaban J connectivity index is 1.87. The van der Waals surface area contributed by atoms with Gasteiger partial charge in [-0.15, -0.1) is 10.2 Å². The van der Waals surface area contributed by atoms with Crippen LogP contribution in [0.4, 0.5) is 22.1 Å². The predicted molar refractivity (Wildman–Crippen MR) is 108 cm³/mol. The summed E-state index contributed by atoms with van der Waals surface area (Å²) in [6, 6.07) is 10.0. The van der Waals surface area contributed by atoms with Crippen LogP contribution in [0.15, 0.2) is 46.6 Å². The van der Waals surface area contributed by atoms with Crippen molar-refractivity contribution in [1.29, 1.82) is 0 Å².